The summed E-state index contributed by atoms with van der Waals surface area (Å²) in [7, 11) is -2.06. The van der Waals surface area contributed by atoms with E-state index in [0.29, 0.717) is 5.69 Å². The number of sulfonamides is 1. The fourth-order valence-electron chi connectivity index (χ4n) is 4.83. The second kappa shape index (κ2) is 10.7. The van der Waals surface area contributed by atoms with Crippen LogP contribution in [0.2, 0.25) is 0 Å². The van der Waals surface area contributed by atoms with Gasteiger partial charge in [-0.3, -0.25) is 14.6 Å². The zero-order valence-corrected chi connectivity index (χ0v) is 21.7. The van der Waals surface area contributed by atoms with Gasteiger partial charge in [-0.25, -0.2) is 17.9 Å². The van der Waals surface area contributed by atoms with Crippen LogP contribution in [0.5, 0.6) is 0 Å². The van der Waals surface area contributed by atoms with Gasteiger partial charge in [0.1, 0.15) is 0 Å². The number of hydrogen-bond acceptors (Lipinski definition) is 6. The Morgan fingerprint density at radius 1 is 1.08 bits per heavy atom. The maximum absolute atomic E-state index is 13.9. The van der Waals surface area contributed by atoms with Gasteiger partial charge in [0.25, 0.3) is 11.8 Å². The van der Waals surface area contributed by atoms with Crippen molar-refractivity contribution < 1.29 is 22.8 Å². The molecule has 4 amide bonds. The normalized spacial score (nSPS) is 20.1. The molecule has 2 aromatic rings. The highest BCUT2D eigenvalue weighted by Crippen LogP contribution is 2.38. The topological polar surface area (TPSA) is 137 Å². The zero-order chi connectivity index (χ0) is 26.6. The molecule has 196 valence electrons. The minimum atomic E-state index is -3.74. The van der Waals surface area contributed by atoms with Gasteiger partial charge in [-0.15, -0.1) is 0 Å². The summed E-state index contributed by atoms with van der Waals surface area (Å²) in [6.07, 6.45) is 6.07. The second-order valence-corrected chi connectivity index (χ2v) is 11.3. The number of anilines is 2. The standard InChI is InChI=1S/C26H31N5O5S/c1-3-37(35,36)30-23(32)18-11-9-14-21(16-18)28-25(34)29-26(20-12-5-4-6-13-20)24(33)31(2)22-15-8-7-10-19(22)17-27-26/h7-11,14-17,20H,3-6,12-13H2,1-2H3,(H,30,32)(H2,28,29,34). The fourth-order valence-corrected chi connectivity index (χ4v) is 5.37. The Bertz CT molecular complexity index is 1340. The van der Waals surface area contributed by atoms with Crippen LogP contribution in [0.1, 0.15) is 54.9 Å². The Morgan fingerprint density at radius 3 is 2.54 bits per heavy atom. The van der Waals surface area contributed by atoms with E-state index in [-0.39, 0.29) is 28.8 Å². The Labute approximate surface area is 216 Å². The first-order valence-electron chi connectivity index (χ1n) is 12.3. The van der Waals surface area contributed by atoms with Gasteiger partial charge in [-0.05, 0) is 44.0 Å². The van der Waals surface area contributed by atoms with Crippen molar-refractivity contribution in [3.8, 4) is 0 Å². The van der Waals surface area contributed by atoms with Crippen LogP contribution in [0.15, 0.2) is 53.5 Å². The van der Waals surface area contributed by atoms with Crippen molar-refractivity contribution in [3.63, 3.8) is 0 Å². The molecule has 10 nitrogen and oxygen atoms in total. The molecule has 0 saturated heterocycles. The number of nitrogens with one attached hydrogen (secondary N) is 3. The molecule has 1 aliphatic heterocycles. The first kappa shape index (κ1) is 26.3. The molecule has 2 aliphatic rings. The highest BCUT2D eigenvalue weighted by atomic mass is 32.2. The van der Waals surface area contributed by atoms with Gasteiger partial charge >= 0.3 is 6.03 Å². The van der Waals surface area contributed by atoms with Gasteiger partial charge in [0.05, 0.1) is 11.4 Å². The number of benzodiazepines with no additional fused rings is 1. The monoisotopic (exact) mass is 525 g/mol. The molecule has 3 N–H and O–H groups in total. The number of carbonyl (C=O) groups is 3. The average molecular weight is 526 g/mol. The third-order valence-corrected chi connectivity index (χ3v) is 8.10. The van der Waals surface area contributed by atoms with E-state index in [1.165, 1.54) is 30.0 Å². The van der Waals surface area contributed by atoms with Crippen molar-refractivity contribution in [2.45, 2.75) is 44.7 Å². The van der Waals surface area contributed by atoms with Crippen LogP contribution in [-0.2, 0) is 14.8 Å². The molecular weight excluding hydrogens is 494 g/mol. The van der Waals surface area contributed by atoms with Crippen molar-refractivity contribution in [3.05, 3.63) is 59.7 Å². The van der Waals surface area contributed by atoms with E-state index in [1.54, 1.807) is 19.3 Å². The van der Waals surface area contributed by atoms with Crippen molar-refractivity contribution in [1.82, 2.24) is 10.0 Å². The van der Waals surface area contributed by atoms with Gasteiger partial charge in [0.2, 0.25) is 15.7 Å². The SMILES string of the molecule is CCS(=O)(=O)NC(=O)c1cccc(NC(=O)NC2(C3CCCCC3)N=Cc3ccccc3N(C)C2=O)c1. The van der Waals surface area contributed by atoms with E-state index < -0.39 is 27.6 Å². The van der Waals surface area contributed by atoms with Crippen molar-refractivity contribution >= 4 is 45.5 Å². The minimum Gasteiger partial charge on any atom is -0.311 e. The van der Waals surface area contributed by atoms with E-state index in [1.807, 2.05) is 29.0 Å². The van der Waals surface area contributed by atoms with Crippen LogP contribution < -0.4 is 20.3 Å². The average Bonchev–Trinajstić information content (AvgIpc) is 3.00. The molecule has 0 aromatic heterocycles. The van der Waals surface area contributed by atoms with E-state index >= 15 is 0 Å². The number of nitrogens with zero attached hydrogens (tertiary/aromatic N) is 2. The molecule has 11 heteroatoms. The largest absolute Gasteiger partial charge is 0.321 e. The maximum Gasteiger partial charge on any atom is 0.321 e. The minimum absolute atomic E-state index is 0.0653. The molecule has 1 saturated carbocycles. The van der Waals surface area contributed by atoms with Crippen LogP contribution in [0.3, 0.4) is 0 Å². The maximum atomic E-state index is 13.9. The molecule has 37 heavy (non-hydrogen) atoms. The fraction of sp³-hybridized carbons (Fsp3) is 0.385. The van der Waals surface area contributed by atoms with Crippen LogP contribution in [0.4, 0.5) is 16.2 Å². The first-order chi connectivity index (χ1) is 17.6. The van der Waals surface area contributed by atoms with Crippen molar-refractivity contribution in [2.24, 2.45) is 10.9 Å². The number of benzene rings is 2. The first-order valence-corrected chi connectivity index (χ1v) is 14.0. The number of para-hydroxylation sites is 1. The lowest BCUT2D eigenvalue weighted by Gasteiger charge is -2.40. The third-order valence-electron chi connectivity index (χ3n) is 6.85. The molecule has 2 aromatic carbocycles. The predicted octanol–water partition coefficient (Wildman–Crippen LogP) is 3.26. The molecule has 1 fully saturated rings. The number of aliphatic imine (C=N–C) groups is 1. The number of carbonyl (C=O) groups excluding carboxylic acids is 3. The van der Waals surface area contributed by atoms with Crippen LogP contribution in [0, 0.1) is 5.92 Å². The van der Waals surface area contributed by atoms with Gasteiger partial charge in [-0.2, -0.15) is 0 Å². The lowest BCUT2D eigenvalue weighted by molar-refractivity contribution is -0.126. The van der Waals surface area contributed by atoms with Crippen LogP contribution in [0.25, 0.3) is 0 Å². The summed E-state index contributed by atoms with van der Waals surface area (Å²) in [5.41, 5.74) is 0.314. The molecule has 4 rings (SSSR count). The lowest BCUT2D eigenvalue weighted by Crippen LogP contribution is -2.63. The summed E-state index contributed by atoms with van der Waals surface area (Å²) < 4.78 is 25.5. The van der Waals surface area contributed by atoms with E-state index in [0.717, 1.165) is 37.7 Å². The lowest BCUT2D eigenvalue weighted by atomic mass is 9.79. The number of likely N-dealkylation sites (N-methyl/N-ethyl adjacent to an activating group) is 1. The van der Waals surface area contributed by atoms with E-state index in [2.05, 4.69) is 10.6 Å². The quantitative estimate of drug-likeness (QED) is 0.532. The van der Waals surface area contributed by atoms with Crippen LogP contribution >= 0.6 is 0 Å². The van der Waals surface area contributed by atoms with Gasteiger partial charge < -0.3 is 15.5 Å². The summed E-state index contributed by atoms with van der Waals surface area (Å²) in [6, 6.07) is 12.7. The number of amides is 4. The molecule has 1 atom stereocenters. The van der Waals surface area contributed by atoms with Gasteiger partial charge in [0.15, 0.2) is 0 Å². The Kier molecular flexibility index (Phi) is 7.63. The summed E-state index contributed by atoms with van der Waals surface area (Å²) in [5, 5.41) is 5.54. The highest BCUT2D eigenvalue weighted by molar-refractivity contribution is 7.90. The number of urea groups is 1. The Hall–Kier alpha value is -3.73. The second-order valence-electron chi connectivity index (χ2n) is 9.28. The summed E-state index contributed by atoms with van der Waals surface area (Å²) in [6.45, 7) is 1.42. The molecule has 1 unspecified atom stereocenters. The molecule has 1 aliphatic carbocycles. The predicted molar refractivity (Wildman–Crippen MR) is 142 cm³/mol. The zero-order valence-electron chi connectivity index (χ0n) is 20.9. The number of rotatable bonds is 6. The summed E-state index contributed by atoms with van der Waals surface area (Å²) in [5.74, 6) is -1.56. The Morgan fingerprint density at radius 2 is 1.81 bits per heavy atom. The van der Waals surface area contributed by atoms with Gasteiger partial charge in [0, 0.05) is 36.0 Å². The van der Waals surface area contributed by atoms with E-state index in [9.17, 15) is 22.8 Å². The summed E-state index contributed by atoms with van der Waals surface area (Å²) in [4.78, 5) is 45.8. The number of hydrogen-bond donors (Lipinski definition) is 3. The number of fused-ring (bicyclic) bond motifs is 1. The van der Waals surface area contributed by atoms with Crippen molar-refractivity contribution in [1.29, 1.82) is 0 Å². The molecule has 0 radical (unpaired) electrons. The molecule has 0 spiro atoms. The van der Waals surface area contributed by atoms with Gasteiger partial charge in [-0.1, -0.05) is 43.5 Å². The third kappa shape index (κ3) is 5.66. The Balaban J connectivity index is 1.60. The molecule has 0 bridgehead atoms. The van der Waals surface area contributed by atoms with E-state index in [4.69, 9.17) is 4.99 Å². The smallest absolute Gasteiger partial charge is 0.311 e. The highest BCUT2D eigenvalue weighted by Gasteiger charge is 2.49. The molecular formula is C26H31N5O5S. The molecule has 1 heterocycles. The van der Waals surface area contributed by atoms with Crippen LogP contribution in [-0.4, -0.2) is 50.9 Å². The van der Waals surface area contributed by atoms with Crippen molar-refractivity contribution in [2.75, 3.05) is 23.0 Å². The summed E-state index contributed by atoms with van der Waals surface area (Å²) >= 11 is 0.